The number of phenols is 1. The van der Waals surface area contributed by atoms with Gasteiger partial charge in [-0.2, -0.15) is 0 Å². The molecule has 5 heteroatoms. The fourth-order valence-electron chi connectivity index (χ4n) is 1.99. The van der Waals surface area contributed by atoms with E-state index in [-0.39, 0.29) is 30.3 Å². The van der Waals surface area contributed by atoms with Gasteiger partial charge in [-0.05, 0) is 48.5 Å². The second-order valence-electron chi connectivity index (χ2n) is 4.90. The van der Waals surface area contributed by atoms with Crippen LogP contribution in [0, 0.1) is 0 Å². The third-order valence-electron chi connectivity index (χ3n) is 3.34. The van der Waals surface area contributed by atoms with Gasteiger partial charge in [0.15, 0.2) is 5.78 Å². The number of rotatable bonds is 5. The Morgan fingerprint density at radius 3 is 2.18 bits per heavy atom. The lowest BCUT2D eigenvalue weighted by Gasteiger charge is -2.17. The molecule has 0 spiro atoms. The second-order valence-corrected chi connectivity index (χ2v) is 5.34. The van der Waals surface area contributed by atoms with Crippen LogP contribution in [0.2, 0.25) is 5.02 Å². The number of halogens is 1. The maximum absolute atomic E-state index is 12.1. The number of amides is 1. The number of hydrogen-bond donors (Lipinski definition) is 1. The number of carbonyl (C=O) groups is 2. The number of carbonyl (C=O) groups excluding carboxylic acids is 2. The molecule has 2 aromatic rings. The van der Waals surface area contributed by atoms with Gasteiger partial charge in [0.25, 0.3) is 0 Å². The van der Waals surface area contributed by atoms with Gasteiger partial charge in [0.05, 0.1) is 0 Å². The number of nitrogens with zero attached hydrogens (tertiary/aromatic N) is 1. The molecule has 0 unspecified atom stereocenters. The van der Waals surface area contributed by atoms with Crippen molar-refractivity contribution in [3.05, 3.63) is 59.1 Å². The predicted octanol–water partition coefficient (Wildman–Crippen LogP) is 3.67. The normalized spacial score (nSPS) is 10.3. The monoisotopic (exact) mass is 317 g/mol. The summed E-state index contributed by atoms with van der Waals surface area (Å²) in [5.74, 6) is -0.111. The van der Waals surface area contributed by atoms with Gasteiger partial charge in [-0.15, -0.1) is 0 Å². The lowest BCUT2D eigenvalue weighted by molar-refractivity contribution is -0.118. The summed E-state index contributed by atoms with van der Waals surface area (Å²) in [5, 5.41) is 9.81. The quantitative estimate of drug-likeness (QED) is 0.856. The van der Waals surface area contributed by atoms with Gasteiger partial charge in [0.1, 0.15) is 5.75 Å². The Morgan fingerprint density at radius 1 is 1.00 bits per heavy atom. The third kappa shape index (κ3) is 4.09. The molecule has 0 aliphatic rings. The number of ketones is 1. The molecule has 0 bridgehead atoms. The summed E-state index contributed by atoms with van der Waals surface area (Å²) in [6.07, 6.45) is 0.266. The van der Waals surface area contributed by atoms with E-state index in [4.69, 9.17) is 11.6 Å². The average Bonchev–Trinajstić information content (AvgIpc) is 2.53. The number of Topliss-reactive ketones (excluding diaryl/α,β-unsaturated/α-hetero) is 1. The van der Waals surface area contributed by atoms with Crippen LogP contribution in [0.25, 0.3) is 0 Å². The molecule has 0 aromatic heterocycles. The van der Waals surface area contributed by atoms with Crippen molar-refractivity contribution in [2.75, 3.05) is 11.9 Å². The van der Waals surface area contributed by atoms with Gasteiger partial charge in [-0.1, -0.05) is 11.6 Å². The molecule has 4 nitrogen and oxygen atoms in total. The Hall–Kier alpha value is -2.33. The van der Waals surface area contributed by atoms with E-state index in [0.717, 1.165) is 0 Å². The lowest BCUT2D eigenvalue weighted by atomic mass is 10.1. The first-order valence-electron chi connectivity index (χ1n) is 6.82. The summed E-state index contributed by atoms with van der Waals surface area (Å²) in [5.41, 5.74) is 1.21. The van der Waals surface area contributed by atoms with Crippen LogP contribution >= 0.6 is 11.6 Å². The summed E-state index contributed by atoms with van der Waals surface area (Å²) >= 11 is 5.77. The smallest absolute Gasteiger partial charge is 0.227 e. The van der Waals surface area contributed by atoms with E-state index in [0.29, 0.717) is 16.3 Å². The Labute approximate surface area is 133 Å². The minimum absolute atomic E-state index is 0.0934. The van der Waals surface area contributed by atoms with Crippen molar-refractivity contribution < 1.29 is 14.7 Å². The van der Waals surface area contributed by atoms with Crippen LogP contribution in [0.1, 0.15) is 23.2 Å². The van der Waals surface area contributed by atoms with Gasteiger partial charge in [-0.3, -0.25) is 9.59 Å². The number of phenolic OH excluding ortho intramolecular Hbond substituents is 1. The molecule has 0 aliphatic carbocycles. The lowest BCUT2D eigenvalue weighted by Crippen LogP contribution is -2.26. The van der Waals surface area contributed by atoms with Crippen molar-refractivity contribution in [2.24, 2.45) is 0 Å². The van der Waals surface area contributed by atoms with Crippen LogP contribution < -0.4 is 4.90 Å². The van der Waals surface area contributed by atoms with Crippen LogP contribution in [-0.4, -0.2) is 23.8 Å². The Bertz CT molecular complexity index is 665. The SMILES string of the molecule is CN(C(=O)CCC(=O)c1ccc(Cl)cc1)c1ccc(O)cc1. The summed E-state index contributed by atoms with van der Waals surface area (Å²) in [6, 6.07) is 12.9. The third-order valence-corrected chi connectivity index (χ3v) is 3.60. The maximum atomic E-state index is 12.1. The first-order chi connectivity index (χ1) is 10.5. The van der Waals surface area contributed by atoms with E-state index in [1.807, 2.05) is 0 Å². The zero-order valence-corrected chi connectivity index (χ0v) is 12.9. The van der Waals surface area contributed by atoms with Crippen molar-refractivity contribution in [3.8, 4) is 5.75 Å². The first-order valence-corrected chi connectivity index (χ1v) is 7.19. The van der Waals surface area contributed by atoms with Crippen molar-refractivity contribution in [1.82, 2.24) is 0 Å². The average molecular weight is 318 g/mol. The van der Waals surface area contributed by atoms with Crippen molar-refractivity contribution in [3.63, 3.8) is 0 Å². The molecule has 22 heavy (non-hydrogen) atoms. The maximum Gasteiger partial charge on any atom is 0.227 e. The van der Waals surface area contributed by atoms with Crippen LogP contribution in [0.5, 0.6) is 5.75 Å². The fraction of sp³-hybridized carbons (Fsp3) is 0.176. The highest BCUT2D eigenvalue weighted by Gasteiger charge is 2.14. The van der Waals surface area contributed by atoms with E-state index in [1.165, 1.54) is 17.0 Å². The molecule has 2 rings (SSSR count). The van der Waals surface area contributed by atoms with Gasteiger partial charge in [-0.25, -0.2) is 0 Å². The molecule has 0 fully saturated rings. The van der Waals surface area contributed by atoms with E-state index in [2.05, 4.69) is 0 Å². The highest BCUT2D eigenvalue weighted by Crippen LogP contribution is 2.18. The van der Waals surface area contributed by atoms with Crippen LogP contribution in [0.3, 0.4) is 0 Å². The highest BCUT2D eigenvalue weighted by molar-refractivity contribution is 6.30. The Morgan fingerprint density at radius 2 is 1.59 bits per heavy atom. The van der Waals surface area contributed by atoms with E-state index in [1.54, 1.807) is 43.4 Å². The summed E-state index contributed by atoms with van der Waals surface area (Å²) < 4.78 is 0. The van der Waals surface area contributed by atoms with Crippen LogP contribution in [0.4, 0.5) is 5.69 Å². The Balaban J connectivity index is 1.93. The summed E-state index contributed by atoms with van der Waals surface area (Å²) in [7, 11) is 1.64. The highest BCUT2D eigenvalue weighted by atomic mass is 35.5. The van der Waals surface area contributed by atoms with Crippen LogP contribution in [-0.2, 0) is 4.79 Å². The molecule has 0 heterocycles. The number of hydrogen-bond acceptors (Lipinski definition) is 3. The van der Waals surface area contributed by atoms with Gasteiger partial charge >= 0.3 is 0 Å². The molecule has 1 amide bonds. The molecule has 2 aromatic carbocycles. The number of anilines is 1. The molecule has 0 radical (unpaired) electrons. The number of benzene rings is 2. The first kappa shape index (κ1) is 16.0. The van der Waals surface area contributed by atoms with Gasteiger partial charge in [0, 0.05) is 36.2 Å². The van der Waals surface area contributed by atoms with Crippen molar-refractivity contribution >= 4 is 29.0 Å². The van der Waals surface area contributed by atoms with Gasteiger partial charge in [0.2, 0.25) is 5.91 Å². The molecular formula is C17H16ClNO3. The van der Waals surface area contributed by atoms with Crippen molar-refractivity contribution in [2.45, 2.75) is 12.8 Å². The van der Waals surface area contributed by atoms with Crippen molar-refractivity contribution in [1.29, 1.82) is 0 Å². The second kappa shape index (κ2) is 7.09. The summed E-state index contributed by atoms with van der Waals surface area (Å²) in [6.45, 7) is 0. The molecule has 1 N–H and O–H groups in total. The standard InChI is InChI=1S/C17H16ClNO3/c1-19(14-6-8-15(20)9-7-14)17(22)11-10-16(21)12-2-4-13(18)5-3-12/h2-9,20H,10-11H2,1H3. The van der Waals surface area contributed by atoms with E-state index in [9.17, 15) is 14.7 Å². The zero-order chi connectivity index (χ0) is 16.1. The zero-order valence-electron chi connectivity index (χ0n) is 12.1. The van der Waals surface area contributed by atoms with Crippen LogP contribution in [0.15, 0.2) is 48.5 Å². The largest absolute Gasteiger partial charge is 0.508 e. The number of aromatic hydroxyl groups is 1. The van der Waals surface area contributed by atoms with E-state index < -0.39 is 0 Å². The molecular weight excluding hydrogens is 302 g/mol. The molecule has 0 saturated carbocycles. The molecule has 0 aliphatic heterocycles. The Kier molecular flexibility index (Phi) is 5.17. The minimum atomic E-state index is -0.159. The molecule has 0 atom stereocenters. The molecule has 114 valence electrons. The topological polar surface area (TPSA) is 57.6 Å². The van der Waals surface area contributed by atoms with Gasteiger partial charge < -0.3 is 10.0 Å². The van der Waals surface area contributed by atoms with E-state index >= 15 is 0 Å². The predicted molar refractivity (Wildman–Crippen MR) is 86.5 cm³/mol. The molecule has 0 saturated heterocycles. The summed E-state index contributed by atoms with van der Waals surface area (Å²) in [4.78, 5) is 25.6. The minimum Gasteiger partial charge on any atom is -0.508 e. The fourth-order valence-corrected chi connectivity index (χ4v) is 2.11.